The SMILES string of the molecule is Cc1ccc(N2CCN(C(=O)c3ccc(N4C(=O)OC[C@H]4Cc4ccccc4)cc3)CC2)c(C)c1. The molecule has 2 fully saturated rings. The maximum absolute atomic E-state index is 13.2. The van der Waals surface area contributed by atoms with E-state index in [9.17, 15) is 9.59 Å². The lowest BCUT2D eigenvalue weighted by molar-refractivity contribution is 0.0747. The maximum atomic E-state index is 13.2. The Balaban J connectivity index is 1.23. The summed E-state index contributed by atoms with van der Waals surface area (Å²) in [5, 5.41) is 0. The minimum Gasteiger partial charge on any atom is -0.447 e. The van der Waals surface area contributed by atoms with Crippen molar-refractivity contribution in [3.63, 3.8) is 0 Å². The molecule has 2 saturated heterocycles. The molecule has 2 aliphatic heterocycles. The molecule has 3 aromatic carbocycles. The van der Waals surface area contributed by atoms with Gasteiger partial charge in [-0.05, 0) is 61.7 Å². The van der Waals surface area contributed by atoms with Crippen LogP contribution in [0.2, 0.25) is 0 Å². The number of benzene rings is 3. The molecule has 5 rings (SSSR count). The molecule has 0 aliphatic carbocycles. The molecule has 1 atom stereocenters. The number of rotatable bonds is 5. The van der Waals surface area contributed by atoms with Crippen molar-refractivity contribution in [1.29, 1.82) is 0 Å². The number of ether oxygens (including phenoxy) is 1. The summed E-state index contributed by atoms with van der Waals surface area (Å²) < 4.78 is 5.35. The smallest absolute Gasteiger partial charge is 0.414 e. The summed E-state index contributed by atoms with van der Waals surface area (Å²) in [4.78, 5) is 31.6. The summed E-state index contributed by atoms with van der Waals surface area (Å²) in [6.07, 6.45) is 0.380. The van der Waals surface area contributed by atoms with Gasteiger partial charge in [0.1, 0.15) is 6.61 Å². The minimum absolute atomic E-state index is 0.0293. The second kappa shape index (κ2) is 9.82. The number of amides is 2. The van der Waals surface area contributed by atoms with Gasteiger partial charge in [-0.3, -0.25) is 9.69 Å². The third kappa shape index (κ3) is 4.87. The first-order valence-electron chi connectivity index (χ1n) is 12.2. The van der Waals surface area contributed by atoms with Gasteiger partial charge in [0.25, 0.3) is 5.91 Å². The van der Waals surface area contributed by atoms with Crippen molar-refractivity contribution in [1.82, 2.24) is 4.90 Å². The van der Waals surface area contributed by atoms with Crippen LogP contribution in [0.3, 0.4) is 0 Å². The van der Waals surface area contributed by atoms with Crippen LogP contribution in [-0.4, -0.2) is 55.7 Å². The zero-order valence-electron chi connectivity index (χ0n) is 20.3. The van der Waals surface area contributed by atoms with Gasteiger partial charge < -0.3 is 14.5 Å². The van der Waals surface area contributed by atoms with E-state index in [-0.39, 0.29) is 18.0 Å². The van der Waals surface area contributed by atoms with Crippen molar-refractivity contribution in [3.05, 3.63) is 95.1 Å². The van der Waals surface area contributed by atoms with Crippen LogP contribution in [0.1, 0.15) is 27.0 Å². The lowest BCUT2D eigenvalue weighted by Crippen LogP contribution is -2.49. The molecule has 0 unspecified atom stereocenters. The van der Waals surface area contributed by atoms with Crippen LogP contribution in [0.25, 0.3) is 0 Å². The Morgan fingerprint density at radius 3 is 2.31 bits per heavy atom. The standard InChI is InChI=1S/C29H31N3O3/c1-21-8-13-27(22(2)18-21)30-14-16-31(17-15-30)28(33)24-9-11-25(12-10-24)32-26(20-35-29(32)34)19-23-6-4-3-5-7-23/h3-13,18,26H,14-17,19-20H2,1-2H3/t26-/m1/s1. The second-order valence-corrected chi connectivity index (χ2v) is 9.41. The zero-order valence-corrected chi connectivity index (χ0v) is 20.3. The molecule has 35 heavy (non-hydrogen) atoms. The highest BCUT2D eigenvalue weighted by atomic mass is 16.6. The van der Waals surface area contributed by atoms with Gasteiger partial charge in [-0.1, -0.05) is 48.0 Å². The second-order valence-electron chi connectivity index (χ2n) is 9.41. The molecule has 2 heterocycles. The van der Waals surface area contributed by atoms with E-state index in [1.165, 1.54) is 16.8 Å². The number of cyclic esters (lactones) is 1. The first-order valence-corrected chi connectivity index (χ1v) is 12.2. The third-order valence-corrected chi connectivity index (χ3v) is 6.93. The zero-order chi connectivity index (χ0) is 24.4. The number of hydrogen-bond acceptors (Lipinski definition) is 4. The molecule has 0 radical (unpaired) electrons. The van der Waals surface area contributed by atoms with Gasteiger partial charge in [-0.25, -0.2) is 4.79 Å². The van der Waals surface area contributed by atoms with Gasteiger partial charge in [0.2, 0.25) is 0 Å². The largest absolute Gasteiger partial charge is 0.447 e. The monoisotopic (exact) mass is 469 g/mol. The lowest BCUT2D eigenvalue weighted by atomic mass is 10.0. The predicted molar refractivity (Wildman–Crippen MR) is 138 cm³/mol. The van der Waals surface area contributed by atoms with Crippen molar-refractivity contribution in [2.24, 2.45) is 0 Å². The maximum Gasteiger partial charge on any atom is 0.414 e. The summed E-state index contributed by atoms with van der Waals surface area (Å²) in [6, 6.07) is 23.9. The fourth-order valence-electron chi connectivity index (χ4n) is 5.07. The number of carbonyl (C=O) groups is 2. The number of anilines is 2. The van der Waals surface area contributed by atoms with E-state index < -0.39 is 0 Å². The van der Waals surface area contributed by atoms with Crippen LogP contribution in [0.15, 0.2) is 72.8 Å². The molecule has 0 bridgehead atoms. The molecule has 2 aliphatic rings. The number of aryl methyl sites for hydroxylation is 2. The summed E-state index contributed by atoms with van der Waals surface area (Å²) in [6.45, 7) is 7.61. The van der Waals surface area contributed by atoms with Crippen molar-refractivity contribution in [3.8, 4) is 0 Å². The van der Waals surface area contributed by atoms with E-state index in [1.54, 1.807) is 4.90 Å². The molecule has 6 nitrogen and oxygen atoms in total. The fraction of sp³-hybridized carbons (Fsp3) is 0.310. The van der Waals surface area contributed by atoms with Crippen molar-refractivity contribution >= 4 is 23.4 Å². The first kappa shape index (κ1) is 23.0. The van der Waals surface area contributed by atoms with Crippen LogP contribution in [0.4, 0.5) is 16.2 Å². The molecule has 0 N–H and O–H groups in total. The highest BCUT2D eigenvalue weighted by Gasteiger charge is 2.34. The van der Waals surface area contributed by atoms with Crippen LogP contribution >= 0.6 is 0 Å². The average molecular weight is 470 g/mol. The molecule has 6 heteroatoms. The topological polar surface area (TPSA) is 53.1 Å². The third-order valence-electron chi connectivity index (χ3n) is 6.93. The van der Waals surface area contributed by atoms with E-state index in [0.717, 1.165) is 30.8 Å². The van der Waals surface area contributed by atoms with Gasteiger partial charge in [-0.2, -0.15) is 0 Å². The van der Waals surface area contributed by atoms with Crippen LogP contribution < -0.4 is 9.80 Å². The predicted octanol–water partition coefficient (Wildman–Crippen LogP) is 4.83. The minimum atomic E-state index is -0.340. The first-order chi connectivity index (χ1) is 17.0. The molecule has 2 amide bonds. The van der Waals surface area contributed by atoms with E-state index in [2.05, 4.69) is 49.1 Å². The number of hydrogen-bond donors (Lipinski definition) is 0. The highest BCUT2D eigenvalue weighted by Crippen LogP contribution is 2.27. The highest BCUT2D eigenvalue weighted by molar-refractivity contribution is 5.96. The lowest BCUT2D eigenvalue weighted by Gasteiger charge is -2.37. The van der Waals surface area contributed by atoms with E-state index >= 15 is 0 Å². The Morgan fingerprint density at radius 2 is 1.63 bits per heavy atom. The fourth-order valence-corrected chi connectivity index (χ4v) is 5.07. The number of carbonyl (C=O) groups excluding carboxylic acids is 2. The summed E-state index contributed by atoms with van der Waals surface area (Å²) in [5.74, 6) is 0.0293. The molecule has 0 saturated carbocycles. The van der Waals surface area contributed by atoms with Crippen LogP contribution in [0, 0.1) is 13.8 Å². The van der Waals surface area contributed by atoms with Gasteiger partial charge >= 0.3 is 6.09 Å². The van der Waals surface area contributed by atoms with Gasteiger partial charge in [0, 0.05) is 43.1 Å². The summed E-state index contributed by atoms with van der Waals surface area (Å²) in [7, 11) is 0. The van der Waals surface area contributed by atoms with E-state index in [1.807, 2.05) is 47.4 Å². The van der Waals surface area contributed by atoms with Gasteiger partial charge in [0.05, 0.1) is 6.04 Å². The summed E-state index contributed by atoms with van der Waals surface area (Å²) in [5.41, 5.74) is 6.33. The Hall–Kier alpha value is -3.80. The Kier molecular flexibility index (Phi) is 6.45. The van der Waals surface area contributed by atoms with E-state index in [4.69, 9.17) is 4.74 Å². The Labute approximate surface area is 206 Å². The van der Waals surface area contributed by atoms with Crippen molar-refractivity contribution in [2.45, 2.75) is 26.3 Å². The molecular weight excluding hydrogens is 438 g/mol. The van der Waals surface area contributed by atoms with E-state index in [0.29, 0.717) is 25.3 Å². The molecule has 3 aromatic rings. The number of piperazine rings is 1. The van der Waals surface area contributed by atoms with Gasteiger partial charge in [-0.15, -0.1) is 0 Å². The Bertz CT molecular complexity index is 1200. The quantitative estimate of drug-likeness (QED) is 0.537. The van der Waals surface area contributed by atoms with Crippen molar-refractivity contribution in [2.75, 3.05) is 42.6 Å². The number of nitrogens with zero attached hydrogens (tertiary/aromatic N) is 3. The Morgan fingerprint density at radius 1 is 0.914 bits per heavy atom. The van der Waals surface area contributed by atoms with Crippen LogP contribution in [0.5, 0.6) is 0 Å². The molecule has 0 spiro atoms. The average Bonchev–Trinajstić information content (AvgIpc) is 3.24. The van der Waals surface area contributed by atoms with Crippen molar-refractivity contribution < 1.29 is 14.3 Å². The molecule has 0 aromatic heterocycles. The van der Waals surface area contributed by atoms with Crippen LogP contribution in [-0.2, 0) is 11.2 Å². The van der Waals surface area contributed by atoms with Gasteiger partial charge in [0.15, 0.2) is 0 Å². The summed E-state index contributed by atoms with van der Waals surface area (Å²) >= 11 is 0. The normalized spacial score (nSPS) is 18.1. The molecular formula is C29H31N3O3. The molecule has 180 valence electrons.